The summed E-state index contributed by atoms with van der Waals surface area (Å²) in [5.41, 5.74) is 2.70. The summed E-state index contributed by atoms with van der Waals surface area (Å²) in [4.78, 5) is 15.1. The fraction of sp³-hybridized carbons (Fsp3) is 0.143. The summed E-state index contributed by atoms with van der Waals surface area (Å²) in [7, 11) is 0. The van der Waals surface area contributed by atoms with E-state index in [2.05, 4.69) is 11.1 Å². The minimum absolute atomic E-state index is 0.0153. The van der Waals surface area contributed by atoms with Crippen molar-refractivity contribution in [3.63, 3.8) is 0 Å². The third-order valence-corrected chi connectivity index (χ3v) is 3.06. The lowest BCUT2D eigenvalue weighted by Crippen LogP contribution is -2.03. The Labute approximate surface area is 104 Å². The highest BCUT2D eigenvalue weighted by molar-refractivity contribution is 5.94. The van der Waals surface area contributed by atoms with Crippen molar-refractivity contribution >= 4 is 22.4 Å². The van der Waals surface area contributed by atoms with Crippen LogP contribution < -0.4 is 0 Å². The third kappa shape index (κ3) is 1.62. The number of carbonyl (C=O) groups is 1. The van der Waals surface area contributed by atoms with Crippen molar-refractivity contribution in [1.29, 1.82) is 0 Å². The van der Waals surface area contributed by atoms with Gasteiger partial charge in [0.25, 0.3) is 0 Å². The Morgan fingerprint density at radius 2 is 2.22 bits per heavy atom. The molecule has 0 spiro atoms. The van der Waals surface area contributed by atoms with E-state index in [1.165, 1.54) is 5.56 Å². The van der Waals surface area contributed by atoms with Gasteiger partial charge >= 0.3 is 5.97 Å². The van der Waals surface area contributed by atoms with Gasteiger partial charge in [-0.3, -0.25) is 4.79 Å². The van der Waals surface area contributed by atoms with Crippen molar-refractivity contribution < 1.29 is 9.90 Å². The molecule has 3 rings (SSSR count). The molecule has 0 unspecified atom stereocenters. The first-order chi connectivity index (χ1) is 8.65. The Balaban J connectivity index is 2.29. The molecule has 4 nitrogen and oxygen atoms in total. The Kier molecular flexibility index (Phi) is 2.30. The SMILES string of the molecule is Cc1ccc2c(ccn3c(CC(=O)O)cnc23)c1. The lowest BCUT2D eigenvalue weighted by atomic mass is 10.1. The second kappa shape index (κ2) is 3.84. The van der Waals surface area contributed by atoms with Gasteiger partial charge in [-0.15, -0.1) is 0 Å². The number of aromatic nitrogens is 2. The molecule has 0 saturated heterocycles. The topological polar surface area (TPSA) is 54.6 Å². The monoisotopic (exact) mass is 240 g/mol. The van der Waals surface area contributed by atoms with Crippen molar-refractivity contribution in [2.45, 2.75) is 13.3 Å². The van der Waals surface area contributed by atoms with Crippen LogP contribution in [0.2, 0.25) is 0 Å². The molecule has 1 aromatic carbocycles. The number of aryl methyl sites for hydroxylation is 1. The average molecular weight is 240 g/mol. The van der Waals surface area contributed by atoms with Crippen LogP contribution in [0, 0.1) is 6.92 Å². The molecule has 18 heavy (non-hydrogen) atoms. The standard InChI is InChI=1S/C14H12N2O2/c1-9-2-3-12-10(6-9)4-5-16-11(7-13(17)18)8-15-14(12)16/h2-6,8H,7H2,1H3,(H,17,18). The van der Waals surface area contributed by atoms with E-state index in [4.69, 9.17) is 5.11 Å². The lowest BCUT2D eigenvalue weighted by Gasteiger charge is -2.03. The van der Waals surface area contributed by atoms with Crippen molar-refractivity contribution in [2.24, 2.45) is 0 Å². The van der Waals surface area contributed by atoms with Gasteiger partial charge in [0.05, 0.1) is 12.1 Å². The fourth-order valence-corrected chi connectivity index (χ4v) is 2.23. The van der Waals surface area contributed by atoms with Crippen LogP contribution in [0.15, 0.2) is 36.7 Å². The molecule has 0 fully saturated rings. The molecule has 0 aliphatic rings. The summed E-state index contributed by atoms with van der Waals surface area (Å²) in [5.74, 6) is -0.846. The smallest absolute Gasteiger partial charge is 0.309 e. The van der Waals surface area contributed by atoms with Crippen LogP contribution in [0.1, 0.15) is 11.3 Å². The van der Waals surface area contributed by atoms with Crippen LogP contribution in [0.3, 0.4) is 0 Å². The molecule has 90 valence electrons. The molecule has 2 heterocycles. The zero-order valence-corrected chi connectivity index (χ0v) is 9.92. The van der Waals surface area contributed by atoms with Crippen LogP contribution in [-0.4, -0.2) is 20.5 Å². The van der Waals surface area contributed by atoms with E-state index in [9.17, 15) is 4.79 Å². The third-order valence-electron chi connectivity index (χ3n) is 3.06. The van der Waals surface area contributed by atoms with Crippen molar-refractivity contribution in [3.05, 3.63) is 47.9 Å². The highest BCUT2D eigenvalue weighted by Gasteiger charge is 2.09. The largest absolute Gasteiger partial charge is 0.481 e. The number of carboxylic acid groups (broad SMARTS) is 1. The number of rotatable bonds is 2. The predicted octanol–water partition coefficient (Wildman–Crippen LogP) is 2.42. The maximum atomic E-state index is 10.8. The van der Waals surface area contributed by atoms with E-state index in [1.54, 1.807) is 6.20 Å². The summed E-state index contributed by atoms with van der Waals surface area (Å²) >= 11 is 0. The van der Waals surface area contributed by atoms with Gasteiger partial charge in [0.15, 0.2) is 0 Å². The minimum Gasteiger partial charge on any atom is -0.481 e. The first-order valence-corrected chi connectivity index (χ1v) is 5.72. The van der Waals surface area contributed by atoms with E-state index in [1.807, 2.05) is 35.7 Å². The number of carboxylic acids is 1. The number of aliphatic carboxylic acids is 1. The second-order valence-electron chi connectivity index (χ2n) is 4.42. The highest BCUT2D eigenvalue weighted by atomic mass is 16.4. The van der Waals surface area contributed by atoms with E-state index >= 15 is 0 Å². The molecule has 3 aromatic rings. The number of fused-ring (bicyclic) bond motifs is 3. The van der Waals surface area contributed by atoms with Crippen molar-refractivity contribution in [2.75, 3.05) is 0 Å². The summed E-state index contributed by atoms with van der Waals surface area (Å²) in [6.07, 6.45) is 3.49. The molecule has 0 bridgehead atoms. The van der Waals surface area contributed by atoms with Gasteiger partial charge < -0.3 is 9.51 Å². The first-order valence-electron chi connectivity index (χ1n) is 5.72. The molecule has 0 amide bonds. The Hall–Kier alpha value is -2.36. The van der Waals surface area contributed by atoms with Gasteiger partial charge in [-0.25, -0.2) is 4.98 Å². The quantitative estimate of drug-likeness (QED) is 0.748. The molecule has 0 atom stereocenters. The number of nitrogens with zero attached hydrogens (tertiary/aromatic N) is 2. The van der Waals surface area contributed by atoms with Crippen molar-refractivity contribution in [3.8, 4) is 0 Å². The molecule has 0 radical (unpaired) electrons. The van der Waals surface area contributed by atoms with Crippen LogP contribution >= 0.6 is 0 Å². The van der Waals surface area contributed by atoms with Crippen LogP contribution in [0.4, 0.5) is 0 Å². The first kappa shape index (κ1) is 10.8. The molecule has 1 N–H and O–H groups in total. The normalized spacial score (nSPS) is 11.2. The zero-order chi connectivity index (χ0) is 12.7. The minimum atomic E-state index is -0.846. The van der Waals surface area contributed by atoms with Gasteiger partial charge in [0.1, 0.15) is 5.65 Å². The Morgan fingerprint density at radius 3 is 3.00 bits per heavy atom. The maximum Gasteiger partial charge on any atom is 0.309 e. The highest BCUT2D eigenvalue weighted by Crippen LogP contribution is 2.21. The summed E-state index contributed by atoms with van der Waals surface area (Å²) in [6, 6.07) is 8.15. The average Bonchev–Trinajstić information content (AvgIpc) is 2.71. The van der Waals surface area contributed by atoms with E-state index in [-0.39, 0.29) is 6.42 Å². The van der Waals surface area contributed by atoms with Gasteiger partial charge in [-0.05, 0) is 18.4 Å². The van der Waals surface area contributed by atoms with Crippen LogP contribution in [0.25, 0.3) is 16.4 Å². The summed E-state index contributed by atoms with van der Waals surface area (Å²) in [5, 5.41) is 11.0. The van der Waals surface area contributed by atoms with Crippen LogP contribution in [0.5, 0.6) is 0 Å². The number of imidazole rings is 1. The maximum absolute atomic E-state index is 10.8. The number of pyridine rings is 1. The Bertz CT molecular complexity index is 759. The van der Waals surface area contributed by atoms with Gasteiger partial charge in [0, 0.05) is 17.8 Å². The predicted molar refractivity (Wildman–Crippen MR) is 68.8 cm³/mol. The molecule has 2 aromatic heterocycles. The molecular weight excluding hydrogens is 228 g/mol. The van der Waals surface area contributed by atoms with E-state index in [0.29, 0.717) is 5.69 Å². The van der Waals surface area contributed by atoms with Crippen molar-refractivity contribution in [1.82, 2.24) is 9.38 Å². The lowest BCUT2D eigenvalue weighted by molar-refractivity contribution is -0.136. The summed E-state index contributed by atoms with van der Waals surface area (Å²) < 4.78 is 1.84. The molecule has 0 aliphatic carbocycles. The number of hydrogen-bond acceptors (Lipinski definition) is 2. The molecule has 0 aliphatic heterocycles. The summed E-state index contributed by atoms with van der Waals surface area (Å²) in [6.45, 7) is 2.05. The molecule has 0 saturated carbocycles. The fourth-order valence-electron chi connectivity index (χ4n) is 2.23. The van der Waals surface area contributed by atoms with Gasteiger partial charge in [0.2, 0.25) is 0 Å². The van der Waals surface area contributed by atoms with Gasteiger partial charge in [-0.2, -0.15) is 0 Å². The molecule has 4 heteroatoms. The zero-order valence-electron chi connectivity index (χ0n) is 9.92. The second-order valence-corrected chi connectivity index (χ2v) is 4.42. The number of hydrogen-bond donors (Lipinski definition) is 1. The molecular formula is C14H12N2O2. The Morgan fingerprint density at radius 1 is 1.39 bits per heavy atom. The van der Waals surface area contributed by atoms with E-state index in [0.717, 1.165) is 16.4 Å². The van der Waals surface area contributed by atoms with Gasteiger partial charge in [-0.1, -0.05) is 23.8 Å². The number of benzene rings is 1. The van der Waals surface area contributed by atoms with Crippen LogP contribution in [-0.2, 0) is 11.2 Å². The van der Waals surface area contributed by atoms with E-state index < -0.39 is 5.97 Å².